The molecule has 0 amide bonds. The number of ether oxygens (including phenoxy) is 2. The summed E-state index contributed by atoms with van der Waals surface area (Å²) >= 11 is 0. The van der Waals surface area contributed by atoms with Crippen LogP contribution in [0.5, 0.6) is 5.75 Å². The molecule has 47 heavy (non-hydrogen) atoms. The number of halogens is 3. The molecule has 0 aliphatic heterocycles. The van der Waals surface area contributed by atoms with Gasteiger partial charge in [0.05, 0.1) is 17.0 Å². The van der Waals surface area contributed by atoms with Crippen molar-refractivity contribution in [3.05, 3.63) is 64.0 Å². The zero-order valence-corrected chi connectivity index (χ0v) is 29.6. The first kappa shape index (κ1) is 38.1. The summed E-state index contributed by atoms with van der Waals surface area (Å²) in [4.78, 5) is 26.4. The fourth-order valence-corrected chi connectivity index (χ4v) is 6.17. The lowest BCUT2D eigenvalue weighted by atomic mass is 9.74. The number of benzene rings is 2. The Morgan fingerprint density at radius 3 is 2.11 bits per heavy atom. The third-order valence-corrected chi connectivity index (χ3v) is 8.14. The van der Waals surface area contributed by atoms with Crippen LogP contribution < -0.4 is 16.1 Å². The van der Waals surface area contributed by atoms with Crippen LogP contribution in [-0.4, -0.2) is 22.7 Å². The van der Waals surface area contributed by atoms with E-state index in [9.17, 15) is 22.8 Å². The minimum atomic E-state index is -4.64. The number of alkyl halides is 3. The molecule has 1 heterocycles. The second-order valence-corrected chi connectivity index (χ2v) is 15.8. The summed E-state index contributed by atoms with van der Waals surface area (Å²) in [6.07, 6.45) is -0.616. The molecule has 0 aliphatic rings. The fourth-order valence-electron chi connectivity index (χ4n) is 6.17. The molecule has 2 aromatic carbocycles. The molecule has 1 atom stereocenters. The van der Waals surface area contributed by atoms with Crippen LogP contribution in [0.15, 0.2) is 51.7 Å². The van der Waals surface area contributed by atoms with Crippen molar-refractivity contribution >= 4 is 16.9 Å². The molecule has 0 saturated heterocycles. The maximum Gasteiger partial charge on any atom is 0.417 e. The van der Waals surface area contributed by atoms with Crippen molar-refractivity contribution < 1.29 is 31.9 Å². The highest BCUT2D eigenvalue weighted by atomic mass is 19.4. The van der Waals surface area contributed by atoms with Gasteiger partial charge in [-0.05, 0) is 96.0 Å². The molecule has 1 unspecified atom stereocenters. The number of carbonyl (C=O) groups excluding carboxylic acids is 1. The van der Waals surface area contributed by atoms with Crippen LogP contribution in [0.3, 0.4) is 0 Å². The maximum atomic E-state index is 14.1. The first-order valence-corrected chi connectivity index (χ1v) is 16.4. The summed E-state index contributed by atoms with van der Waals surface area (Å²) < 4.78 is 60.2. The zero-order chi connectivity index (χ0) is 35.6. The predicted molar refractivity (Wildman–Crippen MR) is 181 cm³/mol. The first-order valence-electron chi connectivity index (χ1n) is 16.4. The van der Waals surface area contributed by atoms with Gasteiger partial charge in [0.25, 0.3) is 0 Å². The standard InChI is InChI=1S/C38H52F3NO5/c1-11-12-13-14-24-15-18-27(29(19-24)38(39,40)41)28-20-25-16-17-26(21-31(25)45-32(28)43)46-36(7,8)23-37(9,10)47-33(44)30(34(2,3)4)22-35(5,6)42/h15-21,30H,11-14,22-23,42H2,1-10H3. The van der Waals surface area contributed by atoms with Crippen molar-refractivity contribution in [3.63, 3.8) is 0 Å². The molecule has 0 bridgehead atoms. The first-order chi connectivity index (χ1) is 21.4. The molecule has 0 saturated carbocycles. The van der Waals surface area contributed by atoms with E-state index in [0.29, 0.717) is 36.0 Å². The van der Waals surface area contributed by atoms with E-state index in [2.05, 4.69) is 0 Å². The average Bonchev–Trinajstić information content (AvgIpc) is 2.88. The predicted octanol–water partition coefficient (Wildman–Crippen LogP) is 9.87. The smallest absolute Gasteiger partial charge is 0.417 e. The summed E-state index contributed by atoms with van der Waals surface area (Å²) in [6.45, 7) is 19.2. The van der Waals surface area contributed by atoms with E-state index in [0.717, 1.165) is 25.3 Å². The van der Waals surface area contributed by atoms with Crippen molar-refractivity contribution in [2.24, 2.45) is 17.1 Å². The molecule has 1 aromatic heterocycles. The number of esters is 1. The second-order valence-electron chi connectivity index (χ2n) is 15.8. The highest BCUT2D eigenvalue weighted by molar-refractivity contribution is 5.83. The number of unbranched alkanes of at least 4 members (excludes halogenated alkanes) is 2. The fraction of sp³-hybridized carbons (Fsp3) is 0.579. The van der Waals surface area contributed by atoms with Crippen LogP contribution in [0.4, 0.5) is 13.2 Å². The van der Waals surface area contributed by atoms with E-state index in [4.69, 9.17) is 19.6 Å². The number of hydrogen-bond acceptors (Lipinski definition) is 6. The number of aryl methyl sites for hydroxylation is 1. The van der Waals surface area contributed by atoms with E-state index in [-0.39, 0.29) is 28.1 Å². The monoisotopic (exact) mass is 659 g/mol. The Hall–Kier alpha value is -3.33. The van der Waals surface area contributed by atoms with Crippen molar-refractivity contribution in [2.45, 2.75) is 131 Å². The van der Waals surface area contributed by atoms with Crippen LogP contribution in [0.1, 0.15) is 112 Å². The highest BCUT2D eigenvalue weighted by Gasteiger charge is 2.41. The topological polar surface area (TPSA) is 91.8 Å². The number of fused-ring (bicyclic) bond motifs is 1. The number of rotatable bonds is 13. The van der Waals surface area contributed by atoms with E-state index in [1.165, 1.54) is 12.1 Å². The van der Waals surface area contributed by atoms with Gasteiger partial charge < -0.3 is 19.6 Å². The lowest BCUT2D eigenvalue weighted by Crippen LogP contribution is -2.45. The summed E-state index contributed by atoms with van der Waals surface area (Å²) in [5.74, 6) is -0.333. The molecule has 0 aliphatic carbocycles. The molecule has 3 rings (SSSR count). The molecule has 0 spiro atoms. The van der Waals surface area contributed by atoms with Gasteiger partial charge in [0.15, 0.2) is 0 Å². The Morgan fingerprint density at radius 2 is 1.53 bits per heavy atom. The second kappa shape index (κ2) is 14.0. The van der Waals surface area contributed by atoms with Gasteiger partial charge in [0.2, 0.25) is 0 Å². The molecule has 9 heteroatoms. The normalized spacial score (nSPS) is 13.9. The minimum Gasteiger partial charge on any atom is -0.488 e. The van der Waals surface area contributed by atoms with Crippen molar-refractivity contribution in [2.75, 3.05) is 0 Å². The molecule has 2 N–H and O–H groups in total. The Labute approximate surface area is 277 Å². The average molecular weight is 660 g/mol. The number of hydrogen-bond donors (Lipinski definition) is 1. The van der Waals surface area contributed by atoms with Crippen LogP contribution in [-0.2, 0) is 22.1 Å². The van der Waals surface area contributed by atoms with Crippen LogP contribution in [0.25, 0.3) is 22.1 Å². The molecule has 260 valence electrons. The lowest BCUT2D eigenvalue weighted by molar-refractivity contribution is -0.170. The number of carbonyl (C=O) groups is 1. The lowest BCUT2D eigenvalue weighted by Gasteiger charge is -2.39. The Balaban J connectivity index is 1.84. The molecule has 0 fully saturated rings. The van der Waals surface area contributed by atoms with E-state index >= 15 is 0 Å². The summed E-state index contributed by atoms with van der Waals surface area (Å²) in [7, 11) is 0. The third-order valence-electron chi connectivity index (χ3n) is 8.14. The van der Waals surface area contributed by atoms with Gasteiger partial charge in [-0.25, -0.2) is 4.79 Å². The van der Waals surface area contributed by atoms with Crippen LogP contribution in [0, 0.1) is 11.3 Å². The van der Waals surface area contributed by atoms with Gasteiger partial charge in [-0.1, -0.05) is 52.7 Å². The summed E-state index contributed by atoms with van der Waals surface area (Å²) in [5, 5.41) is 0.454. The van der Waals surface area contributed by atoms with Gasteiger partial charge in [-0.2, -0.15) is 13.2 Å². The molecule has 6 nitrogen and oxygen atoms in total. The minimum absolute atomic E-state index is 0.158. The quantitative estimate of drug-likeness (QED) is 0.112. The van der Waals surface area contributed by atoms with Gasteiger partial charge in [0.1, 0.15) is 22.5 Å². The summed E-state index contributed by atoms with van der Waals surface area (Å²) in [6, 6.07) is 10.4. The Morgan fingerprint density at radius 1 is 0.872 bits per heavy atom. The van der Waals surface area contributed by atoms with Crippen molar-refractivity contribution in [3.8, 4) is 16.9 Å². The molecule has 3 aromatic rings. The SMILES string of the molecule is CCCCCc1ccc(-c2cc3ccc(OC(C)(C)CC(C)(C)OC(=O)C(CC(C)(C)N)C(C)(C)C)cc3oc2=O)c(C(F)(F)F)c1. The van der Waals surface area contributed by atoms with Gasteiger partial charge in [0, 0.05) is 29.0 Å². The molecule has 0 radical (unpaired) electrons. The third kappa shape index (κ3) is 10.8. The van der Waals surface area contributed by atoms with Gasteiger partial charge in [-0.15, -0.1) is 0 Å². The maximum absolute atomic E-state index is 14.1. The van der Waals surface area contributed by atoms with Gasteiger partial charge in [-0.3, -0.25) is 4.79 Å². The van der Waals surface area contributed by atoms with Crippen LogP contribution >= 0.6 is 0 Å². The Bertz CT molecular complexity index is 1610. The van der Waals surface area contributed by atoms with E-state index < -0.39 is 40.0 Å². The van der Waals surface area contributed by atoms with E-state index in [1.54, 1.807) is 24.3 Å². The highest BCUT2D eigenvalue weighted by Crippen LogP contribution is 2.39. The molecular weight excluding hydrogens is 607 g/mol. The Kier molecular flexibility index (Phi) is 11.4. The number of nitrogens with two attached hydrogens (primary N) is 1. The van der Waals surface area contributed by atoms with Crippen molar-refractivity contribution in [1.82, 2.24) is 0 Å². The molecular formula is C38H52F3NO5. The largest absolute Gasteiger partial charge is 0.488 e. The van der Waals surface area contributed by atoms with E-state index in [1.807, 2.05) is 69.2 Å². The summed E-state index contributed by atoms with van der Waals surface area (Å²) in [5.41, 5.74) is 2.31. The van der Waals surface area contributed by atoms with Gasteiger partial charge >= 0.3 is 17.8 Å². The van der Waals surface area contributed by atoms with Crippen LogP contribution in [0.2, 0.25) is 0 Å². The zero-order valence-electron chi connectivity index (χ0n) is 29.6. The van der Waals surface area contributed by atoms with Crippen molar-refractivity contribution in [1.29, 1.82) is 0 Å².